The molecule has 0 saturated carbocycles. The molecule has 1 aromatic heterocycles. The predicted octanol–water partition coefficient (Wildman–Crippen LogP) is -0.263. The fraction of sp³-hybridized carbons (Fsp3) is 0.692. The van der Waals surface area contributed by atoms with E-state index in [0.717, 1.165) is 0 Å². The third-order valence-corrected chi connectivity index (χ3v) is 5.87. The van der Waals surface area contributed by atoms with Gasteiger partial charge in [-0.2, -0.15) is 9.40 Å². The molecule has 1 aromatic rings. The largest absolute Gasteiger partial charge is 0.363 e. The topological polar surface area (TPSA) is 93.5 Å². The molecule has 1 fully saturated rings. The van der Waals surface area contributed by atoms with Gasteiger partial charge in [0, 0.05) is 20.1 Å². The number of sulfonamides is 1. The normalized spacial score (nSPS) is 23.5. The lowest BCUT2D eigenvalue weighted by molar-refractivity contribution is -0.151. The number of aromatic nitrogens is 2. The molecule has 8 nitrogen and oxygen atoms in total. The van der Waals surface area contributed by atoms with Gasteiger partial charge in [0.2, 0.25) is 10.0 Å². The molecule has 124 valence electrons. The maximum Gasteiger partial charge on any atom is 0.253 e. The van der Waals surface area contributed by atoms with Crippen molar-refractivity contribution in [1.82, 2.24) is 19.4 Å². The van der Waals surface area contributed by atoms with Gasteiger partial charge in [-0.05, 0) is 20.8 Å². The molecule has 0 unspecified atom stereocenters. The number of amides is 1. The zero-order valence-corrected chi connectivity index (χ0v) is 14.1. The second-order valence-corrected chi connectivity index (χ2v) is 7.31. The predicted molar refractivity (Wildman–Crippen MR) is 79.8 cm³/mol. The van der Waals surface area contributed by atoms with Crippen molar-refractivity contribution in [3.8, 4) is 0 Å². The minimum absolute atomic E-state index is 0.0221. The smallest absolute Gasteiger partial charge is 0.253 e. The monoisotopic (exact) mass is 330 g/mol. The summed E-state index contributed by atoms with van der Waals surface area (Å²) < 4.78 is 34.1. The summed E-state index contributed by atoms with van der Waals surface area (Å²) in [7, 11) is -2.20. The van der Waals surface area contributed by atoms with Crippen molar-refractivity contribution in [3.63, 3.8) is 0 Å². The quantitative estimate of drug-likeness (QED) is 0.821. The summed E-state index contributed by atoms with van der Waals surface area (Å²) in [6.07, 6.45) is 1.36. The van der Waals surface area contributed by atoms with Crippen molar-refractivity contribution in [3.05, 3.63) is 11.9 Å². The Kier molecular flexibility index (Phi) is 4.59. The highest BCUT2D eigenvalue weighted by atomic mass is 32.2. The summed E-state index contributed by atoms with van der Waals surface area (Å²) in [6, 6.07) is 0. The number of likely N-dealkylation sites (N-methyl/N-ethyl adjacent to an activating group) is 1. The van der Waals surface area contributed by atoms with E-state index in [1.54, 1.807) is 18.5 Å². The summed E-state index contributed by atoms with van der Waals surface area (Å²) in [6.45, 7) is 6.17. The maximum atomic E-state index is 12.8. The van der Waals surface area contributed by atoms with Gasteiger partial charge >= 0.3 is 0 Å². The number of hydrogen-bond acceptors (Lipinski definition) is 5. The Morgan fingerprint density at radius 1 is 1.55 bits per heavy atom. The summed E-state index contributed by atoms with van der Waals surface area (Å²) in [5.74, 6) is -0.339. The van der Waals surface area contributed by atoms with Gasteiger partial charge < -0.3 is 10.1 Å². The first-order valence-electron chi connectivity index (χ1n) is 7.15. The molecule has 2 heterocycles. The minimum atomic E-state index is -3.70. The van der Waals surface area contributed by atoms with Gasteiger partial charge in [0.05, 0.1) is 25.0 Å². The van der Waals surface area contributed by atoms with Crippen molar-refractivity contribution >= 4 is 15.9 Å². The second-order valence-electron chi connectivity index (χ2n) is 5.41. The van der Waals surface area contributed by atoms with Gasteiger partial charge in [-0.3, -0.25) is 9.48 Å². The summed E-state index contributed by atoms with van der Waals surface area (Å²) in [4.78, 5) is 12.1. The van der Waals surface area contributed by atoms with Gasteiger partial charge in [0.25, 0.3) is 5.91 Å². The number of morpholine rings is 1. The van der Waals surface area contributed by atoms with Crippen LogP contribution in [0.5, 0.6) is 0 Å². The number of ether oxygens (including phenoxy) is 1. The zero-order chi connectivity index (χ0) is 16.5. The highest BCUT2D eigenvalue weighted by molar-refractivity contribution is 7.89. The van der Waals surface area contributed by atoms with Crippen LogP contribution in [0.1, 0.15) is 19.5 Å². The Morgan fingerprint density at radius 2 is 2.23 bits per heavy atom. The Balaban J connectivity index is 2.33. The van der Waals surface area contributed by atoms with E-state index in [9.17, 15) is 13.2 Å². The summed E-state index contributed by atoms with van der Waals surface area (Å²) in [5, 5.41) is 6.59. The minimum Gasteiger partial charge on any atom is -0.363 e. The van der Waals surface area contributed by atoms with Crippen molar-refractivity contribution in [2.45, 2.75) is 37.8 Å². The Bertz CT molecular complexity index is 670. The van der Waals surface area contributed by atoms with Crippen LogP contribution in [0, 0.1) is 6.92 Å². The van der Waals surface area contributed by atoms with Crippen LogP contribution in [0.25, 0.3) is 0 Å². The van der Waals surface area contributed by atoms with E-state index >= 15 is 0 Å². The molecular weight excluding hydrogens is 308 g/mol. The van der Waals surface area contributed by atoms with Crippen molar-refractivity contribution < 1.29 is 17.9 Å². The first-order chi connectivity index (χ1) is 10.3. The molecule has 9 heteroatoms. The SMILES string of the molecule is CCn1ncc(S(=O)(=O)N2CCO[C@](C)(C(=O)NC)C2)c1C. The number of nitrogens with zero attached hydrogens (tertiary/aromatic N) is 3. The van der Waals surface area contributed by atoms with Crippen LogP contribution in [0.3, 0.4) is 0 Å². The molecule has 22 heavy (non-hydrogen) atoms. The number of carbonyl (C=O) groups excluding carboxylic acids is 1. The van der Waals surface area contributed by atoms with Gasteiger partial charge in [-0.25, -0.2) is 8.42 Å². The molecule has 0 bridgehead atoms. The van der Waals surface area contributed by atoms with Crippen molar-refractivity contribution in [2.75, 3.05) is 26.7 Å². The standard InChI is InChI=1S/C13H22N4O4S/c1-5-17-10(2)11(8-15-17)22(19,20)16-6-7-21-13(3,9-16)12(18)14-4/h8H,5-7,9H2,1-4H3,(H,14,18)/t13-/m0/s1. The number of nitrogens with one attached hydrogen (secondary N) is 1. The average molecular weight is 330 g/mol. The molecule has 1 aliphatic heterocycles. The Hall–Kier alpha value is -1.45. The van der Waals surface area contributed by atoms with Crippen LogP contribution < -0.4 is 5.32 Å². The van der Waals surface area contributed by atoms with E-state index in [-0.39, 0.29) is 30.5 Å². The van der Waals surface area contributed by atoms with E-state index in [2.05, 4.69) is 10.4 Å². The third kappa shape index (κ3) is 2.75. The lowest BCUT2D eigenvalue weighted by Crippen LogP contribution is -2.58. The van der Waals surface area contributed by atoms with Crippen LogP contribution in [0.2, 0.25) is 0 Å². The highest BCUT2D eigenvalue weighted by Gasteiger charge is 2.43. The number of carbonyl (C=O) groups is 1. The van der Waals surface area contributed by atoms with Crippen LogP contribution in [0.4, 0.5) is 0 Å². The Labute approximate surface area is 130 Å². The fourth-order valence-electron chi connectivity index (χ4n) is 2.58. The highest BCUT2D eigenvalue weighted by Crippen LogP contribution is 2.25. The first-order valence-corrected chi connectivity index (χ1v) is 8.59. The fourth-order valence-corrected chi connectivity index (χ4v) is 4.25. The molecule has 1 atom stereocenters. The Morgan fingerprint density at radius 3 is 2.77 bits per heavy atom. The molecule has 1 saturated heterocycles. The van der Waals surface area contributed by atoms with Gasteiger partial charge in [0.15, 0.2) is 5.60 Å². The van der Waals surface area contributed by atoms with E-state index < -0.39 is 15.6 Å². The van der Waals surface area contributed by atoms with Gasteiger partial charge in [-0.1, -0.05) is 0 Å². The van der Waals surface area contributed by atoms with Crippen LogP contribution in [-0.4, -0.2) is 60.8 Å². The summed E-state index contributed by atoms with van der Waals surface area (Å²) in [5.41, 5.74) is -0.593. The van der Waals surface area contributed by atoms with Gasteiger partial charge in [0.1, 0.15) is 4.90 Å². The first kappa shape index (κ1) is 16.9. The van der Waals surface area contributed by atoms with Crippen LogP contribution >= 0.6 is 0 Å². The van der Waals surface area contributed by atoms with E-state index in [4.69, 9.17) is 4.74 Å². The van der Waals surface area contributed by atoms with E-state index in [1.165, 1.54) is 17.5 Å². The van der Waals surface area contributed by atoms with Crippen LogP contribution in [0.15, 0.2) is 11.1 Å². The molecular formula is C13H22N4O4S. The van der Waals surface area contributed by atoms with Crippen molar-refractivity contribution in [1.29, 1.82) is 0 Å². The van der Waals surface area contributed by atoms with Crippen LogP contribution in [-0.2, 0) is 26.1 Å². The van der Waals surface area contributed by atoms with Gasteiger partial charge in [-0.15, -0.1) is 0 Å². The molecule has 1 N–H and O–H groups in total. The van der Waals surface area contributed by atoms with E-state index in [0.29, 0.717) is 12.2 Å². The third-order valence-electron chi connectivity index (χ3n) is 3.92. The van der Waals surface area contributed by atoms with Crippen molar-refractivity contribution in [2.24, 2.45) is 0 Å². The lowest BCUT2D eigenvalue weighted by Gasteiger charge is -2.38. The number of hydrogen-bond donors (Lipinski definition) is 1. The number of rotatable bonds is 4. The molecule has 0 spiro atoms. The molecule has 1 aliphatic rings. The lowest BCUT2D eigenvalue weighted by atomic mass is 10.0. The van der Waals surface area contributed by atoms with E-state index in [1.807, 2.05) is 6.92 Å². The molecule has 0 radical (unpaired) electrons. The number of aryl methyl sites for hydroxylation is 1. The molecule has 1 amide bonds. The second kappa shape index (κ2) is 5.98. The zero-order valence-electron chi connectivity index (χ0n) is 13.3. The maximum absolute atomic E-state index is 12.8. The molecule has 0 aromatic carbocycles. The molecule has 2 rings (SSSR count). The average Bonchev–Trinajstić information content (AvgIpc) is 2.87. The molecule has 0 aliphatic carbocycles. The summed E-state index contributed by atoms with van der Waals surface area (Å²) >= 11 is 0.